The molecule has 0 radical (unpaired) electrons. The van der Waals surface area contributed by atoms with Crippen molar-refractivity contribution >= 4 is 23.6 Å². The molecule has 2 aliphatic heterocycles. The summed E-state index contributed by atoms with van der Waals surface area (Å²) in [5.41, 5.74) is -2.01. The molecule has 0 spiro atoms. The Labute approximate surface area is 197 Å². The summed E-state index contributed by atoms with van der Waals surface area (Å²) in [7, 11) is 1.00. The predicted octanol–water partition coefficient (Wildman–Crippen LogP) is -0.879. The van der Waals surface area contributed by atoms with Gasteiger partial charge in [-0.1, -0.05) is 11.6 Å². The zero-order chi connectivity index (χ0) is 26.5. The van der Waals surface area contributed by atoms with Gasteiger partial charge in [0.1, 0.15) is 5.75 Å². The van der Waals surface area contributed by atoms with E-state index in [-0.39, 0.29) is 10.6 Å². The monoisotopic (exact) mass is 522 g/mol. The quantitative estimate of drug-likeness (QED) is 0.138. The normalized spacial score (nSPS) is 16.7. The molecule has 0 aromatic heterocycles. The second-order valence-corrected chi connectivity index (χ2v) is 6.76. The number of hydrogen-bond acceptors (Lipinski definition) is 11. The fourth-order valence-electron chi connectivity index (χ4n) is 2.73. The van der Waals surface area contributed by atoms with Crippen LogP contribution in [0.1, 0.15) is 24.0 Å². The van der Waals surface area contributed by atoms with Crippen molar-refractivity contribution in [3.8, 4) is 5.75 Å². The van der Waals surface area contributed by atoms with Crippen LogP contribution >= 0.6 is 11.6 Å². The minimum Gasteiger partial charge on any atom is -0.475 e. The van der Waals surface area contributed by atoms with E-state index in [9.17, 15) is 33.3 Å². The summed E-state index contributed by atoms with van der Waals surface area (Å²) >= 11 is 5.73. The van der Waals surface area contributed by atoms with Gasteiger partial charge in [-0.25, -0.2) is 21.8 Å². The zero-order valence-electron chi connectivity index (χ0n) is 18.0. The fourth-order valence-corrected chi connectivity index (χ4v) is 2.96. The third-order valence-electron chi connectivity index (χ3n) is 4.02. The highest BCUT2D eigenvalue weighted by Crippen LogP contribution is 2.42. The molecule has 1 saturated heterocycles. The predicted molar refractivity (Wildman–Crippen MR) is 109 cm³/mol. The number of quaternary nitrogens is 1. The van der Waals surface area contributed by atoms with E-state index < -0.39 is 47.9 Å². The summed E-state index contributed by atoms with van der Waals surface area (Å²) in [5, 5.41) is 44.7. The van der Waals surface area contributed by atoms with E-state index in [1.165, 1.54) is 25.9 Å². The topological polar surface area (TPSA) is 212 Å². The van der Waals surface area contributed by atoms with Crippen molar-refractivity contribution in [1.29, 1.82) is 0 Å². The number of alkyl halides is 3. The maximum Gasteiger partial charge on any atom is 0.430 e. The first kappa shape index (κ1) is 31.9. The molecule has 2 heterocycles. The van der Waals surface area contributed by atoms with Gasteiger partial charge < -0.3 is 35.2 Å². The van der Waals surface area contributed by atoms with Crippen LogP contribution in [-0.2, 0) is 20.3 Å². The maximum absolute atomic E-state index is 13.2. The van der Waals surface area contributed by atoms with Crippen LogP contribution < -0.4 is 21.8 Å². The number of benzene rings is 1. The van der Waals surface area contributed by atoms with Crippen molar-refractivity contribution in [2.45, 2.75) is 31.1 Å². The number of fused-ring (bicyclic) bond motifs is 1. The molecule has 34 heavy (non-hydrogen) atoms. The standard InChI is InChI=1S/C13H11ClF3NO7.C4H9N.CH4O.H4NO/c14-6-1-5-2-7(11(19)23-4-24-18)10(12(15,16)17)25-9(5)8(3-6)13(20,21)22;1-2-4-5-3-1;2*1-2/h1-3,10,20-22H,4,18H2;5H,1-4H2;2*2H,1H3/q;;;+1. The molecule has 196 valence electrons. The Morgan fingerprint density at radius 3 is 2.21 bits per heavy atom. The number of ether oxygens (including phenoxy) is 2. The van der Waals surface area contributed by atoms with Crippen LogP contribution in [0.2, 0.25) is 5.02 Å². The Morgan fingerprint density at radius 2 is 1.79 bits per heavy atom. The molecule has 1 unspecified atom stereocenters. The Morgan fingerprint density at radius 1 is 1.24 bits per heavy atom. The molecule has 0 amide bonds. The summed E-state index contributed by atoms with van der Waals surface area (Å²) in [4.78, 5) is 15.8. The van der Waals surface area contributed by atoms with Crippen molar-refractivity contribution in [2.24, 2.45) is 5.90 Å². The molecule has 12 nitrogen and oxygen atoms in total. The van der Waals surface area contributed by atoms with E-state index in [1.807, 2.05) is 0 Å². The number of aliphatic hydroxyl groups is 4. The van der Waals surface area contributed by atoms with Crippen molar-refractivity contribution in [3.63, 3.8) is 0 Å². The minimum atomic E-state index is -5.06. The molecule has 16 heteroatoms. The Hall–Kier alpha value is -2.05. The Bertz CT molecular complexity index is 794. The molecule has 1 aromatic carbocycles. The van der Waals surface area contributed by atoms with E-state index in [0.717, 1.165) is 25.3 Å². The fraction of sp³-hybridized carbons (Fsp3) is 0.500. The van der Waals surface area contributed by atoms with Gasteiger partial charge in [0.15, 0.2) is 0 Å². The lowest BCUT2D eigenvalue weighted by Gasteiger charge is -2.30. The van der Waals surface area contributed by atoms with Gasteiger partial charge in [0.25, 0.3) is 0 Å². The molecule has 11 N–H and O–H groups in total. The van der Waals surface area contributed by atoms with Crippen molar-refractivity contribution in [1.82, 2.24) is 5.32 Å². The Kier molecular flexibility index (Phi) is 14.1. The average Bonchev–Trinajstić information content (AvgIpc) is 3.38. The zero-order valence-corrected chi connectivity index (χ0v) is 18.8. The molecule has 1 fully saturated rings. The summed E-state index contributed by atoms with van der Waals surface area (Å²) in [5.74, 6) is 1.22. The molecule has 1 aromatic rings. The highest BCUT2D eigenvalue weighted by atomic mass is 35.5. The highest BCUT2D eigenvalue weighted by molar-refractivity contribution is 6.31. The number of carbonyl (C=O) groups excluding carboxylic acids is 1. The third-order valence-corrected chi connectivity index (χ3v) is 4.24. The first-order valence-electron chi connectivity index (χ1n) is 9.37. The minimum absolute atomic E-state index is 0.168. The van der Waals surface area contributed by atoms with Gasteiger partial charge in [-0.15, -0.1) is 0 Å². The first-order chi connectivity index (χ1) is 15.9. The lowest BCUT2D eigenvalue weighted by molar-refractivity contribution is -0.670. The SMILES string of the molecule is C1CCNC1.CO.NOCOC(=O)C1=Cc2cc(Cl)cc(C(O)(O)O)c2OC1C(F)(F)F.[NH3+]O. The van der Waals surface area contributed by atoms with E-state index >= 15 is 0 Å². The summed E-state index contributed by atoms with van der Waals surface area (Å²) in [6.45, 7) is 1.70. The second kappa shape index (κ2) is 15.0. The van der Waals surface area contributed by atoms with Gasteiger partial charge in [0, 0.05) is 17.7 Å². The number of hydrogen-bond donors (Lipinski definition) is 8. The second-order valence-electron chi connectivity index (χ2n) is 6.32. The number of aliphatic hydroxyl groups excluding tert-OH is 1. The van der Waals surface area contributed by atoms with Crippen LogP contribution in [0.4, 0.5) is 13.2 Å². The number of carbonyl (C=O) groups is 1. The van der Waals surface area contributed by atoms with E-state index in [4.69, 9.17) is 26.7 Å². The Balaban J connectivity index is 0.00000103. The summed E-state index contributed by atoms with van der Waals surface area (Å²) in [6.07, 6.45) is -4.35. The molecule has 0 saturated carbocycles. The summed E-state index contributed by atoms with van der Waals surface area (Å²) < 4.78 is 48.8. The molecule has 2 aliphatic rings. The average molecular weight is 523 g/mol. The van der Waals surface area contributed by atoms with Crippen LogP contribution in [0, 0.1) is 0 Å². The van der Waals surface area contributed by atoms with E-state index in [0.29, 0.717) is 0 Å². The number of nitrogens with two attached hydrogens (primary N) is 1. The molecule has 0 aliphatic carbocycles. The van der Waals surface area contributed by atoms with Crippen molar-refractivity contribution < 1.29 is 63.8 Å². The number of esters is 1. The number of halogens is 4. The van der Waals surface area contributed by atoms with Gasteiger partial charge in [-0.3, -0.25) is 4.84 Å². The van der Waals surface area contributed by atoms with Gasteiger partial charge in [0.2, 0.25) is 12.9 Å². The molecular weight excluding hydrogens is 495 g/mol. The lowest BCUT2D eigenvalue weighted by Crippen LogP contribution is -2.42. The molecule has 3 rings (SSSR count). The maximum atomic E-state index is 13.2. The smallest absolute Gasteiger partial charge is 0.430 e. The van der Waals surface area contributed by atoms with E-state index in [2.05, 4.69) is 26.7 Å². The van der Waals surface area contributed by atoms with Crippen molar-refractivity contribution in [2.75, 3.05) is 27.0 Å². The van der Waals surface area contributed by atoms with Crippen LogP contribution in [0.15, 0.2) is 17.7 Å². The largest absolute Gasteiger partial charge is 0.475 e. The summed E-state index contributed by atoms with van der Waals surface area (Å²) in [6, 6.07) is 1.89. The van der Waals surface area contributed by atoms with Gasteiger partial charge in [-0.2, -0.15) is 13.2 Å². The van der Waals surface area contributed by atoms with E-state index in [1.54, 1.807) is 0 Å². The highest BCUT2D eigenvalue weighted by Gasteiger charge is 2.50. The molecule has 0 bridgehead atoms. The van der Waals surface area contributed by atoms with Gasteiger partial charge >= 0.3 is 18.1 Å². The lowest BCUT2D eigenvalue weighted by atomic mass is 9.98. The first-order valence-corrected chi connectivity index (χ1v) is 9.75. The van der Waals surface area contributed by atoms with Crippen LogP contribution in [0.5, 0.6) is 5.75 Å². The third kappa shape index (κ3) is 9.67. The van der Waals surface area contributed by atoms with Gasteiger partial charge in [0.05, 0.1) is 11.1 Å². The number of nitrogens with one attached hydrogen (secondary N) is 1. The molecule has 1 atom stereocenters. The molecular formula is C18H28ClF3N3O9+. The van der Waals surface area contributed by atoms with Crippen LogP contribution in [0.25, 0.3) is 6.08 Å². The van der Waals surface area contributed by atoms with Crippen LogP contribution in [0.3, 0.4) is 0 Å². The van der Waals surface area contributed by atoms with Gasteiger partial charge in [-0.05, 0) is 44.1 Å². The van der Waals surface area contributed by atoms with Crippen LogP contribution in [-0.4, -0.2) is 70.9 Å². The van der Waals surface area contributed by atoms with Crippen molar-refractivity contribution in [3.05, 3.63) is 33.9 Å². The number of rotatable bonds is 4.